The molecule has 1 unspecified atom stereocenters. The van der Waals surface area contributed by atoms with Crippen molar-refractivity contribution in [3.05, 3.63) is 77.4 Å². The van der Waals surface area contributed by atoms with Crippen molar-refractivity contribution in [1.82, 2.24) is 5.32 Å². The quantitative estimate of drug-likeness (QED) is 0.179. The molecule has 206 valence electrons. The van der Waals surface area contributed by atoms with Gasteiger partial charge in [0.1, 0.15) is 18.2 Å². The van der Waals surface area contributed by atoms with Crippen LogP contribution in [0.15, 0.2) is 60.7 Å². The lowest BCUT2D eigenvalue weighted by Crippen LogP contribution is -2.52. The number of carbonyl (C=O) groups is 2. The molecule has 2 aromatic carbocycles. The van der Waals surface area contributed by atoms with Gasteiger partial charge in [-0.25, -0.2) is 0 Å². The predicted molar refractivity (Wildman–Crippen MR) is 150 cm³/mol. The first-order chi connectivity index (χ1) is 18.2. The second-order valence-corrected chi connectivity index (χ2v) is 10.8. The van der Waals surface area contributed by atoms with E-state index in [-0.39, 0.29) is 24.5 Å². The summed E-state index contributed by atoms with van der Waals surface area (Å²) in [4.78, 5) is 25.4. The smallest absolute Gasteiger partial charge is 0.326 e. The normalized spacial score (nSPS) is 16.6. The van der Waals surface area contributed by atoms with Gasteiger partial charge >= 0.3 is 5.97 Å². The lowest BCUT2D eigenvalue weighted by molar-refractivity contribution is -0.156. The maximum Gasteiger partial charge on any atom is 0.326 e. The van der Waals surface area contributed by atoms with Gasteiger partial charge in [-0.15, -0.1) is 0 Å². The molecule has 1 fully saturated rings. The highest BCUT2D eigenvalue weighted by molar-refractivity contribution is 5.94. The third-order valence-corrected chi connectivity index (χ3v) is 6.68. The van der Waals surface area contributed by atoms with Crippen LogP contribution in [-0.2, 0) is 36.8 Å². The van der Waals surface area contributed by atoms with Crippen molar-refractivity contribution in [2.24, 2.45) is 5.92 Å². The van der Waals surface area contributed by atoms with Crippen LogP contribution in [0.4, 0.5) is 0 Å². The van der Waals surface area contributed by atoms with Crippen LogP contribution in [-0.4, -0.2) is 42.9 Å². The Morgan fingerprint density at radius 3 is 2.32 bits per heavy atom. The number of ketones is 1. The number of nitrogens with one attached hydrogen (secondary N) is 1. The minimum absolute atomic E-state index is 0.0191. The Balaban J connectivity index is 1.54. The molecule has 0 amide bonds. The Labute approximate surface area is 227 Å². The number of benzene rings is 2. The Bertz CT molecular complexity index is 1030. The molecule has 0 aromatic heterocycles. The molecule has 1 aliphatic carbocycles. The van der Waals surface area contributed by atoms with Crippen molar-refractivity contribution >= 4 is 17.8 Å². The molecule has 1 aliphatic rings. The predicted octanol–water partition coefficient (Wildman–Crippen LogP) is 5.88. The maximum absolute atomic E-state index is 13.3. The lowest BCUT2D eigenvalue weighted by Gasteiger charge is -2.30. The summed E-state index contributed by atoms with van der Waals surface area (Å²) in [7, 11) is 0. The molecular formula is C32H43NO5. The summed E-state index contributed by atoms with van der Waals surface area (Å²) in [6, 6.07) is 17.9. The monoisotopic (exact) mass is 521 g/mol. The van der Waals surface area contributed by atoms with Gasteiger partial charge in [0, 0.05) is 13.0 Å². The molecule has 2 atom stereocenters. The largest absolute Gasteiger partial charge is 0.461 e. The van der Waals surface area contributed by atoms with Gasteiger partial charge in [0.05, 0.1) is 6.61 Å². The molecule has 0 spiro atoms. The van der Waals surface area contributed by atoms with Gasteiger partial charge in [0.15, 0.2) is 12.1 Å². The standard InChI is InChI=1S/C32H43NO5/c1-24(2)22-36-25(3)37-23-29(34)19-18-26-14-16-28(17-15-26)21-33-32(4,20-27-10-6-5-7-11-27)31(35)38-30-12-8-9-13-30/h5-7,10-11,14-19,24-25,30,33H,8-9,12-13,20-23H2,1-4H3/b19-18+/t25?,32-/m0/s1. The Morgan fingerprint density at radius 1 is 0.974 bits per heavy atom. The van der Waals surface area contributed by atoms with E-state index in [1.54, 1.807) is 13.0 Å². The van der Waals surface area contributed by atoms with Gasteiger partial charge in [0.25, 0.3) is 0 Å². The molecule has 0 bridgehead atoms. The molecular weight excluding hydrogens is 478 g/mol. The minimum Gasteiger partial charge on any atom is -0.461 e. The molecule has 1 N–H and O–H groups in total. The molecule has 0 aliphatic heterocycles. The van der Waals surface area contributed by atoms with E-state index in [1.165, 1.54) is 6.08 Å². The summed E-state index contributed by atoms with van der Waals surface area (Å²) in [6.07, 6.45) is 7.59. The fourth-order valence-electron chi connectivity index (χ4n) is 4.36. The molecule has 2 aromatic rings. The SMILES string of the molecule is CC(C)COC(C)OCC(=O)/C=C/c1ccc(CN[C@@](C)(Cc2ccccc2)C(=O)OC2CCCC2)cc1. The number of hydrogen-bond acceptors (Lipinski definition) is 6. The van der Waals surface area contributed by atoms with Gasteiger partial charge < -0.3 is 14.2 Å². The Hall–Kier alpha value is -2.80. The lowest BCUT2D eigenvalue weighted by atomic mass is 9.92. The molecule has 38 heavy (non-hydrogen) atoms. The second kappa shape index (κ2) is 15.0. The van der Waals surface area contributed by atoms with E-state index >= 15 is 0 Å². The number of esters is 1. The Kier molecular flexibility index (Phi) is 11.7. The molecule has 1 saturated carbocycles. The first-order valence-corrected chi connectivity index (χ1v) is 13.8. The average Bonchev–Trinajstić information content (AvgIpc) is 3.42. The highest BCUT2D eigenvalue weighted by Gasteiger charge is 2.36. The third kappa shape index (κ3) is 10.2. The zero-order valence-corrected chi connectivity index (χ0v) is 23.3. The molecule has 3 rings (SSSR count). The summed E-state index contributed by atoms with van der Waals surface area (Å²) >= 11 is 0. The van der Waals surface area contributed by atoms with Crippen LogP contribution in [0.5, 0.6) is 0 Å². The van der Waals surface area contributed by atoms with E-state index in [1.807, 2.05) is 61.5 Å². The average molecular weight is 522 g/mol. The zero-order valence-electron chi connectivity index (χ0n) is 23.3. The van der Waals surface area contributed by atoms with E-state index < -0.39 is 11.8 Å². The van der Waals surface area contributed by atoms with Gasteiger partial charge in [-0.1, -0.05) is 74.5 Å². The van der Waals surface area contributed by atoms with Crippen LogP contribution in [0.3, 0.4) is 0 Å². The van der Waals surface area contributed by atoms with Crippen LogP contribution < -0.4 is 5.32 Å². The van der Waals surface area contributed by atoms with Crippen molar-refractivity contribution in [1.29, 1.82) is 0 Å². The number of carbonyl (C=O) groups excluding carboxylic acids is 2. The summed E-state index contributed by atoms with van der Waals surface area (Å²) in [5, 5.41) is 3.47. The van der Waals surface area contributed by atoms with E-state index in [2.05, 4.69) is 19.2 Å². The fourth-order valence-corrected chi connectivity index (χ4v) is 4.36. The van der Waals surface area contributed by atoms with E-state index in [0.29, 0.717) is 25.5 Å². The van der Waals surface area contributed by atoms with Crippen molar-refractivity contribution < 1.29 is 23.8 Å². The molecule has 0 saturated heterocycles. The van der Waals surface area contributed by atoms with Crippen molar-refractivity contribution in [2.75, 3.05) is 13.2 Å². The zero-order chi connectivity index (χ0) is 27.4. The van der Waals surface area contributed by atoms with E-state index in [9.17, 15) is 9.59 Å². The second-order valence-electron chi connectivity index (χ2n) is 10.8. The van der Waals surface area contributed by atoms with E-state index in [0.717, 1.165) is 42.4 Å². The van der Waals surface area contributed by atoms with Gasteiger partial charge in [-0.3, -0.25) is 14.9 Å². The third-order valence-electron chi connectivity index (χ3n) is 6.68. The number of hydrogen-bond donors (Lipinski definition) is 1. The van der Waals surface area contributed by atoms with Crippen LogP contribution in [0.25, 0.3) is 6.08 Å². The van der Waals surface area contributed by atoms with Crippen LogP contribution in [0, 0.1) is 5.92 Å². The summed E-state index contributed by atoms with van der Waals surface area (Å²) < 4.78 is 16.9. The van der Waals surface area contributed by atoms with Gasteiger partial charge in [-0.05, 0) is 68.2 Å². The maximum atomic E-state index is 13.3. The number of ether oxygens (including phenoxy) is 3. The van der Waals surface area contributed by atoms with Gasteiger partial charge in [0.2, 0.25) is 0 Å². The molecule has 0 heterocycles. The Morgan fingerprint density at radius 2 is 1.66 bits per heavy atom. The van der Waals surface area contributed by atoms with Gasteiger partial charge in [-0.2, -0.15) is 0 Å². The van der Waals surface area contributed by atoms with Crippen LogP contribution in [0.1, 0.15) is 70.1 Å². The topological polar surface area (TPSA) is 73.9 Å². The van der Waals surface area contributed by atoms with Crippen molar-refractivity contribution in [3.63, 3.8) is 0 Å². The molecule has 0 radical (unpaired) electrons. The van der Waals surface area contributed by atoms with Crippen molar-refractivity contribution in [3.8, 4) is 0 Å². The first-order valence-electron chi connectivity index (χ1n) is 13.8. The molecule has 6 nitrogen and oxygen atoms in total. The summed E-state index contributed by atoms with van der Waals surface area (Å²) in [6.45, 7) is 8.96. The number of rotatable bonds is 15. The summed E-state index contributed by atoms with van der Waals surface area (Å²) in [5.74, 6) is 0.101. The minimum atomic E-state index is -0.842. The highest BCUT2D eigenvalue weighted by atomic mass is 16.7. The first kappa shape index (κ1) is 29.8. The fraction of sp³-hybridized carbons (Fsp3) is 0.500. The van der Waals surface area contributed by atoms with Crippen molar-refractivity contribution in [2.45, 2.75) is 84.3 Å². The van der Waals surface area contributed by atoms with Crippen LogP contribution >= 0.6 is 0 Å². The summed E-state index contributed by atoms with van der Waals surface area (Å²) in [5.41, 5.74) is 2.20. The highest BCUT2D eigenvalue weighted by Crippen LogP contribution is 2.24. The van der Waals surface area contributed by atoms with E-state index in [4.69, 9.17) is 14.2 Å². The van der Waals surface area contributed by atoms with Crippen LogP contribution in [0.2, 0.25) is 0 Å². The molecule has 6 heteroatoms.